The van der Waals surface area contributed by atoms with Crippen LogP contribution in [-0.2, 0) is 19.1 Å². The maximum Gasteiger partial charge on any atom is 0.407 e. The molecule has 3 fully saturated rings. The highest BCUT2D eigenvalue weighted by Crippen LogP contribution is 2.55. The highest BCUT2D eigenvalue weighted by atomic mass is 16.5. The number of imidazole rings is 2. The molecule has 0 unspecified atom stereocenters. The number of aromatic amines is 2. The van der Waals surface area contributed by atoms with E-state index in [-0.39, 0.29) is 35.7 Å². The van der Waals surface area contributed by atoms with E-state index in [2.05, 4.69) is 83.0 Å². The molecule has 0 radical (unpaired) electrons. The molecule has 8 atom stereocenters. The fourth-order valence-corrected chi connectivity index (χ4v) is 8.91. The van der Waals surface area contributed by atoms with Crippen LogP contribution in [0.3, 0.4) is 0 Å². The first-order chi connectivity index (χ1) is 28.3. The van der Waals surface area contributed by atoms with E-state index in [1.807, 2.05) is 49.9 Å². The molecular formula is C45H58N8O6. The molecule has 2 aliphatic heterocycles. The predicted molar refractivity (Wildman–Crippen MR) is 223 cm³/mol. The van der Waals surface area contributed by atoms with E-state index in [0.717, 1.165) is 53.4 Å². The predicted octanol–water partition coefficient (Wildman–Crippen LogP) is 7.32. The first-order valence-corrected chi connectivity index (χ1v) is 20.9. The van der Waals surface area contributed by atoms with Crippen LogP contribution >= 0.6 is 0 Å². The van der Waals surface area contributed by atoms with Crippen molar-refractivity contribution in [2.45, 2.75) is 96.8 Å². The number of amides is 4. The number of ether oxygens (including phenoxy) is 2. The highest BCUT2D eigenvalue weighted by Gasteiger charge is 2.42. The Morgan fingerprint density at radius 1 is 0.627 bits per heavy atom. The van der Waals surface area contributed by atoms with E-state index in [9.17, 15) is 19.2 Å². The number of alkyl carbamates (subject to hydrolysis) is 2. The van der Waals surface area contributed by atoms with Crippen molar-refractivity contribution in [3.8, 4) is 22.5 Å². The van der Waals surface area contributed by atoms with Crippen molar-refractivity contribution in [1.82, 2.24) is 40.4 Å². The van der Waals surface area contributed by atoms with Crippen LogP contribution in [0.15, 0.2) is 60.9 Å². The molecule has 4 amide bonds. The van der Waals surface area contributed by atoms with E-state index in [0.29, 0.717) is 36.8 Å². The highest BCUT2D eigenvalue weighted by molar-refractivity contribution is 5.87. The number of rotatable bonds is 12. The van der Waals surface area contributed by atoms with E-state index >= 15 is 0 Å². The molecular weight excluding hydrogens is 749 g/mol. The molecule has 7 rings (SSSR count). The lowest BCUT2D eigenvalue weighted by Crippen LogP contribution is -2.51. The lowest BCUT2D eigenvalue weighted by Gasteiger charge is -2.30. The van der Waals surface area contributed by atoms with E-state index in [1.165, 1.54) is 25.3 Å². The summed E-state index contributed by atoms with van der Waals surface area (Å²) in [5, 5.41) is 5.44. The second-order valence-electron chi connectivity index (χ2n) is 17.5. The van der Waals surface area contributed by atoms with Gasteiger partial charge < -0.3 is 39.9 Å². The number of aromatic nitrogens is 4. The van der Waals surface area contributed by atoms with Crippen LogP contribution in [0, 0.1) is 23.7 Å². The first-order valence-electron chi connectivity index (χ1n) is 20.9. The Morgan fingerprint density at radius 3 is 1.34 bits per heavy atom. The third-order valence-corrected chi connectivity index (χ3v) is 12.3. The van der Waals surface area contributed by atoms with Crippen molar-refractivity contribution in [3.63, 3.8) is 0 Å². The van der Waals surface area contributed by atoms with Gasteiger partial charge >= 0.3 is 12.2 Å². The topological polar surface area (TPSA) is 175 Å². The Labute approximate surface area is 346 Å². The summed E-state index contributed by atoms with van der Waals surface area (Å²) in [5.74, 6) is 2.49. The van der Waals surface area contributed by atoms with Gasteiger partial charge in [0.1, 0.15) is 23.7 Å². The van der Waals surface area contributed by atoms with E-state index < -0.39 is 24.3 Å². The van der Waals surface area contributed by atoms with Crippen molar-refractivity contribution < 1.29 is 28.7 Å². The lowest BCUT2D eigenvalue weighted by atomic mass is 10.0. The molecule has 2 aromatic heterocycles. The second kappa shape index (κ2) is 17.3. The summed E-state index contributed by atoms with van der Waals surface area (Å²) in [7, 11) is 2.60. The third-order valence-electron chi connectivity index (χ3n) is 12.3. The fraction of sp³-hybridized carbons (Fsp3) is 0.511. The third kappa shape index (κ3) is 8.86. The van der Waals surface area contributed by atoms with Crippen LogP contribution < -0.4 is 10.6 Å². The first kappa shape index (κ1) is 41.5. The van der Waals surface area contributed by atoms with Gasteiger partial charge in [-0.15, -0.1) is 0 Å². The minimum atomic E-state index is -0.688. The summed E-state index contributed by atoms with van der Waals surface area (Å²) in [6, 6.07) is 15.5. The molecule has 4 aromatic rings. The number of H-pyrrole nitrogens is 2. The van der Waals surface area contributed by atoms with Gasteiger partial charge in [-0.3, -0.25) is 9.59 Å². The molecule has 2 saturated heterocycles. The molecule has 0 bridgehead atoms. The van der Waals surface area contributed by atoms with Gasteiger partial charge in [-0.25, -0.2) is 19.6 Å². The maximum absolute atomic E-state index is 13.7. The van der Waals surface area contributed by atoms with Gasteiger partial charge in [-0.05, 0) is 77.0 Å². The number of hydrogen-bond donors (Lipinski definition) is 4. The molecule has 4 heterocycles. The number of nitrogens with one attached hydrogen (secondary N) is 4. The normalized spacial score (nSPS) is 23.6. The van der Waals surface area contributed by atoms with Crippen LogP contribution in [0.2, 0.25) is 0 Å². The Kier molecular flexibility index (Phi) is 12.2. The van der Waals surface area contributed by atoms with Crippen molar-refractivity contribution in [3.05, 3.63) is 83.7 Å². The Hall–Kier alpha value is -5.66. The summed E-state index contributed by atoms with van der Waals surface area (Å²) >= 11 is 0. The van der Waals surface area contributed by atoms with Crippen molar-refractivity contribution in [1.29, 1.82) is 0 Å². The number of benzene rings is 2. The lowest BCUT2D eigenvalue weighted by molar-refractivity contribution is -0.136. The SMILES string of the molecule is COC(=O)N[C@H](C(=O)N1C[C@@H](C)C[C@H]1c1ncc(-c2ccc([C@H]3C[C@@H]3c3ccc(-c4cnc([C@@H]5C[C@H](C)CN5C(=O)[C@@H](NC(=O)OC)C(C)C)[nH]4)cc3)cc2)[nH]1)C(C)C. The molecule has 14 nitrogen and oxygen atoms in total. The van der Waals surface area contributed by atoms with Crippen LogP contribution in [0.1, 0.15) is 108 Å². The van der Waals surface area contributed by atoms with Crippen LogP contribution in [0.25, 0.3) is 22.5 Å². The summed E-state index contributed by atoms with van der Waals surface area (Å²) in [5.41, 5.74) is 6.45. The van der Waals surface area contributed by atoms with E-state index in [1.54, 1.807) is 0 Å². The fourth-order valence-electron chi connectivity index (χ4n) is 8.91. The molecule has 1 saturated carbocycles. The van der Waals surface area contributed by atoms with Crippen molar-refractivity contribution in [2.75, 3.05) is 27.3 Å². The summed E-state index contributed by atoms with van der Waals surface area (Å²) in [6.07, 6.45) is 5.09. The summed E-state index contributed by atoms with van der Waals surface area (Å²) in [4.78, 5) is 71.6. The Bertz CT molecular complexity index is 1980. The van der Waals surface area contributed by atoms with Gasteiger partial charge in [0.15, 0.2) is 0 Å². The minimum absolute atomic E-state index is 0.104. The Morgan fingerprint density at radius 2 is 1.00 bits per heavy atom. The van der Waals surface area contributed by atoms with Crippen LogP contribution in [-0.4, -0.2) is 93.1 Å². The molecule has 0 spiro atoms. The van der Waals surface area contributed by atoms with Gasteiger partial charge in [0.2, 0.25) is 11.8 Å². The average molecular weight is 807 g/mol. The summed E-state index contributed by atoms with van der Waals surface area (Å²) in [6.45, 7) is 13.1. The van der Waals surface area contributed by atoms with Gasteiger partial charge in [-0.1, -0.05) is 90.1 Å². The number of carbonyl (C=O) groups is 4. The number of carbonyl (C=O) groups excluding carboxylic acids is 4. The van der Waals surface area contributed by atoms with Gasteiger partial charge in [0.25, 0.3) is 0 Å². The summed E-state index contributed by atoms with van der Waals surface area (Å²) < 4.78 is 9.57. The quantitative estimate of drug-likeness (QED) is 0.115. The van der Waals surface area contributed by atoms with Crippen LogP contribution in [0.5, 0.6) is 0 Å². The number of likely N-dealkylation sites (tertiary alicyclic amines) is 2. The molecule has 59 heavy (non-hydrogen) atoms. The van der Waals surface area contributed by atoms with Gasteiger partial charge in [0, 0.05) is 13.1 Å². The van der Waals surface area contributed by atoms with E-state index in [4.69, 9.17) is 19.4 Å². The second-order valence-corrected chi connectivity index (χ2v) is 17.5. The zero-order chi connectivity index (χ0) is 42.1. The molecule has 14 heteroatoms. The standard InChI is InChI=1S/C45H58N8O6/c1-24(2)38(50-44(56)58-7)42(54)52-22-26(5)17-36(52)40-46-20-34(48-40)30-13-9-28(10-14-30)32-19-33(32)29-11-15-31(16-12-29)35-21-47-41(49-35)37-18-27(6)23-53(37)43(55)39(25(3)4)51-45(57)59-8/h9-16,20-21,24-27,32-33,36-39H,17-19,22-23H2,1-8H3,(H,46,48)(H,47,49)(H,50,56)(H,51,57)/t26-,27-,32+,33+,36-,37-,38-,39-/m0/s1. The smallest absolute Gasteiger partial charge is 0.407 e. The molecule has 4 N–H and O–H groups in total. The minimum Gasteiger partial charge on any atom is -0.453 e. The van der Waals surface area contributed by atoms with Crippen molar-refractivity contribution >= 4 is 24.0 Å². The molecule has 314 valence electrons. The Balaban J connectivity index is 0.976. The number of methoxy groups -OCH3 is 2. The monoisotopic (exact) mass is 806 g/mol. The van der Waals surface area contributed by atoms with Crippen molar-refractivity contribution in [2.24, 2.45) is 23.7 Å². The number of nitrogens with zero attached hydrogens (tertiary/aromatic N) is 4. The largest absolute Gasteiger partial charge is 0.453 e. The maximum atomic E-state index is 13.7. The molecule has 1 aliphatic carbocycles. The van der Waals surface area contributed by atoms with Crippen LogP contribution in [0.4, 0.5) is 9.59 Å². The van der Waals surface area contributed by atoms with Gasteiger partial charge in [-0.2, -0.15) is 0 Å². The molecule has 3 aliphatic rings. The molecule has 2 aromatic carbocycles. The number of hydrogen-bond acceptors (Lipinski definition) is 8. The zero-order valence-corrected chi connectivity index (χ0v) is 35.3. The zero-order valence-electron chi connectivity index (χ0n) is 35.3. The average Bonchev–Trinajstić information content (AvgIpc) is 3.65. The van der Waals surface area contributed by atoms with Gasteiger partial charge in [0.05, 0.1) is 50.1 Å².